The van der Waals surface area contributed by atoms with Crippen molar-refractivity contribution in [1.82, 2.24) is 4.98 Å². The molecule has 2 nitrogen and oxygen atoms in total. The van der Waals surface area contributed by atoms with Gasteiger partial charge in [0.25, 0.3) is 0 Å². The minimum Gasteiger partial charge on any atom is -0.371 e. The number of aryl methyl sites for hydroxylation is 1. The van der Waals surface area contributed by atoms with Crippen molar-refractivity contribution >= 4 is 5.69 Å². The van der Waals surface area contributed by atoms with Crippen molar-refractivity contribution in [3.05, 3.63) is 24.0 Å². The Kier molecular flexibility index (Phi) is 2.26. The normalized spacial score (nSPS) is 31.5. The quantitative estimate of drug-likeness (QED) is 0.737. The monoisotopic (exact) mass is 230 g/mol. The fourth-order valence-electron chi connectivity index (χ4n) is 3.75. The van der Waals surface area contributed by atoms with Crippen molar-refractivity contribution in [3.63, 3.8) is 0 Å². The van der Waals surface area contributed by atoms with Gasteiger partial charge in [0, 0.05) is 30.7 Å². The Balaban J connectivity index is 1.70. The predicted octanol–water partition coefficient (Wildman–Crippen LogP) is 3.12. The first kappa shape index (κ1) is 11.1. The van der Waals surface area contributed by atoms with Gasteiger partial charge in [-0.25, -0.2) is 0 Å². The molecule has 0 aromatic carbocycles. The summed E-state index contributed by atoms with van der Waals surface area (Å²) in [7, 11) is 0. The summed E-state index contributed by atoms with van der Waals surface area (Å²) in [6.45, 7) is 11.7. The lowest BCUT2D eigenvalue weighted by atomic mass is 9.87. The van der Waals surface area contributed by atoms with Crippen molar-refractivity contribution in [1.29, 1.82) is 0 Å². The third-order valence-corrected chi connectivity index (χ3v) is 4.44. The molecule has 3 rings (SSSR count). The van der Waals surface area contributed by atoms with Gasteiger partial charge in [-0.15, -0.1) is 0 Å². The van der Waals surface area contributed by atoms with Crippen LogP contribution in [0.4, 0.5) is 5.69 Å². The molecule has 92 valence electrons. The summed E-state index contributed by atoms with van der Waals surface area (Å²) in [5, 5.41) is 0. The van der Waals surface area contributed by atoms with Crippen LogP contribution in [0.25, 0.3) is 0 Å². The van der Waals surface area contributed by atoms with Crippen LogP contribution in [0.1, 0.15) is 26.5 Å². The lowest BCUT2D eigenvalue weighted by Crippen LogP contribution is -2.27. The van der Waals surface area contributed by atoms with E-state index in [0.29, 0.717) is 5.41 Å². The van der Waals surface area contributed by atoms with Crippen LogP contribution in [0.15, 0.2) is 18.3 Å². The molecule has 2 heteroatoms. The predicted molar refractivity (Wildman–Crippen MR) is 71.1 cm³/mol. The minimum absolute atomic E-state index is 0.496. The minimum atomic E-state index is 0.496. The molecule has 0 amide bonds. The largest absolute Gasteiger partial charge is 0.371 e. The zero-order valence-electron chi connectivity index (χ0n) is 11.3. The molecule has 0 radical (unpaired) electrons. The van der Waals surface area contributed by atoms with Crippen molar-refractivity contribution in [2.45, 2.75) is 27.7 Å². The number of anilines is 1. The summed E-state index contributed by atoms with van der Waals surface area (Å²) in [5.74, 6) is 2.81. The molecule has 17 heavy (non-hydrogen) atoms. The van der Waals surface area contributed by atoms with Crippen LogP contribution in [0, 0.1) is 30.1 Å². The zero-order valence-corrected chi connectivity index (χ0v) is 11.3. The van der Waals surface area contributed by atoms with Gasteiger partial charge in [-0.2, -0.15) is 0 Å². The number of rotatable bonds is 1. The summed E-state index contributed by atoms with van der Waals surface area (Å²) in [5.41, 5.74) is 2.98. The molecule has 2 atom stereocenters. The summed E-state index contributed by atoms with van der Waals surface area (Å²) in [4.78, 5) is 6.80. The zero-order chi connectivity index (χ0) is 12.2. The number of hydrogen-bond acceptors (Lipinski definition) is 2. The second kappa shape index (κ2) is 3.47. The van der Waals surface area contributed by atoms with Crippen molar-refractivity contribution in [2.75, 3.05) is 18.0 Å². The van der Waals surface area contributed by atoms with Gasteiger partial charge >= 0.3 is 0 Å². The average Bonchev–Trinajstić information content (AvgIpc) is 2.77. The maximum Gasteiger partial charge on any atom is 0.0399 e. The standard InChI is InChI=1S/C15H22N2/c1-10-7-11(5-6-16-10)17-8-12-13(9-17)14(12)15(2,3)4/h5-7,12-14H,8-9H2,1-4H3. The van der Waals surface area contributed by atoms with Gasteiger partial charge in [0.05, 0.1) is 0 Å². The van der Waals surface area contributed by atoms with Crippen LogP contribution in [0.5, 0.6) is 0 Å². The molecule has 2 aliphatic rings. The van der Waals surface area contributed by atoms with Crippen LogP contribution < -0.4 is 4.90 Å². The maximum absolute atomic E-state index is 4.27. The highest BCUT2D eigenvalue weighted by Crippen LogP contribution is 2.60. The van der Waals surface area contributed by atoms with Crippen LogP contribution in [0.2, 0.25) is 0 Å². The first-order chi connectivity index (χ1) is 7.97. The fourth-order valence-corrected chi connectivity index (χ4v) is 3.75. The molecule has 1 aliphatic heterocycles. The van der Waals surface area contributed by atoms with Crippen molar-refractivity contribution in [3.8, 4) is 0 Å². The van der Waals surface area contributed by atoms with Crippen molar-refractivity contribution in [2.24, 2.45) is 23.2 Å². The second-order valence-electron chi connectivity index (χ2n) is 6.78. The van der Waals surface area contributed by atoms with Crippen LogP contribution >= 0.6 is 0 Å². The molecular formula is C15H22N2. The Labute approximate surface area is 104 Å². The molecule has 0 spiro atoms. The van der Waals surface area contributed by atoms with Crippen LogP contribution in [-0.4, -0.2) is 18.1 Å². The van der Waals surface area contributed by atoms with E-state index in [-0.39, 0.29) is 0 Å². The van der Waals surface area contributed by atoms with Gasteiger partial charge in [0.2, 0.25) is 0 Å². The second-order valence-corrected chi connectivity index (χ2v) is 6.78. The first-order valence-corrected chi connectivity index (χ1v) is 6.64. The fraction of sp³-hybridized carbons (Fsp3) is 0.667. The van der Waals surface area contributed by atoms with E-state index in [1.807, 2.05) is 6.20 Å². The summed E-state index contributed by atoms with van der Waals surface area (Å²) in [6.07, 6.45) is 1.93. The molecule has 0 N–H and O–H groups in total. The van der Waals surface area contributed by atoms with E-state index >= 15 is 0 Å². The van der Waals surface area contributed by atoms with E-state index in [0.717, 1.165) is 23.4 Å². The molecule has 1 aromatic heterocycles. The lowest BCUT2D eigenvalue weighted by Gasteiger charge is -2.27. The summed E-state index contributed by atoms with van der Waals surface area (Å²) in [6, 6.07) is 4.35. The molecule has 1 aromatic rings. The number of hydrogen-bond donors (Lipinski definition) is 0. The highest BCUT2D eigenvalue weighted by atomic mass is 15.2. The Morgan fingerprint density at radius 1 is 1.24 bits per heavy atom. The van der Waals surface area contributed by atoms with E-state index in [1.54, 1.807) is 0 Å². The molecular weight excluding hydrogens is 208 g/mol. The summed E-state index contributed by atoms with van der Waals surface area (Å²) < 4.78 is 0. The van der Waals surface area contributed by atoms with Crippen molar-refractivity contribution < 1.29 is 0 Å². The molecule has 0 bridgehead atoms. The van der Waals surface area contributed by atoms with E-state index in [9.17, 15) is 0 Å². The molecule has 1 aliphatic carbocycles. The Morgan fingerprint density at radius 3 is 2.41 bits per heavy atom. The van der Waals surface area contributed by atoms with Gasteiger partial charge in [-0.05, 0) is 42.2 Å². The van der Waals surface area contributed by atoms with Gasteiger partial charge in [-0.3, -0.25) is 4.98 Å². The third-order valence-electron chi connectivity index (χ3n) is 4.44. The number of pyridine rings is 1. The smallest absolute Gasteiger partial charge is 0.0399 e. The molecule has 2 unspecified atom stereocenters. The molecule has 1 saturated carbocycles. The van der Waals surface area contributed by atoms with E-state index < -0.39 is 0 Å². The number of aromatic nitrogens is 1. The Morgan fingerprint density at radius 2 is 1.88 bits per heavy atom. The molecule has 2 fully saturated rings. The maximum atomic E-state index is 4.27. The molecule has 1 saturated heterocycles. The SMILES string of the molecule is Cc1cc(N2CC3C(C2)C3C(C)(C)C)ccn1. The van der Waals surface area contributed by atoms with E-state index in [4.69, 9.17) is 0 Å². The Hall–Kier alpha value is -1.05. The van der Waals surface area contributed by atoms with Crippen LogP contribution in [0.3, 0.4) is 0 Å². The van der Waals surface area contributed by atoms with Gasteiger partial charge in [0.15, 0.2) is 0 Å². The topological polar surface area (TPSA) is 16.1 Å². The van der Waals surface area contributed by atoms with Gasteiger partial charge in [0.1, 0.15) is 0 Å². The van der Waals surface area contributed by atoms with Gasteiger partial charge in [-0.1, -0.05) is 20.8 Å². The average molecular weight is 230 g/mol. The summed E-state index contributed by atoms with van der Waals surface area (Å²) >= 11 is 0. The van der Waals surface area contributed by atoms with E-state index in [1.165, 1.54) is 18.8 Å². The first-order valence-electron chi connectivity index (χ1n) is 6.64. The molecule has 2 heterocycles. The number of nitrogens with zero attached hydrogens (tertiary/aromatic N) is 2. The van der Waals surface area contributed by atoms with E-state index in [2.05, 4.69) is 49.7 Å². The Bertz CT molecular complexity index is 421. The third kappa shape index (κ3) is 1.84. The number of fused-ring (bicyclic) bond motifs is 1. The highest BCUT2D eigenvalue weighted by molar-refractivity contribution is 5.49. The highest BCUT2D eigenvalue weighted by Gasteiger charge is 2.59. The van der Waals surface area contributed by atoms with Gasteiger partial charge < -0.3 is 4.90 Å². The van der Waals surface area contributed by atoms with Crippen LogP contribution in [-0.2, 0) is 0 Å². The lowest BCUT2D eigenvalue weighted by molar-refractivity contribution is 0.309. The number of piperidine rings is 1.